The van der Waals surface area contributed by atoms with Crippen molar-refractivity contribution in [2.75, 3.05) is 9.80 Å². The lowest BCUT2D eigenvalue weighted by Gasteiger charge is -2.44. The number of hydrogen-bond donors (Lipinski definition) is 0. The van der Waals surface area contributed by atoms with Crippen LogP contribution in [-0.2, 0) is 12.4 Å². The van der Waals surface area contributed by atoms with Crippen LogP contribution in [-0.4, -0.2) is 11.3 Å². The van der Waals surface area contributed by atoms with Gasteiger partial charge in [-0.3, -0.25) is 0 Å². The molecule has 3 heterocycles. The highest BCUT2D eigenvalue weighted by Crippen LogP contribution is 2.50. The maximum Gasteiger partial charge on any atom is 0.417 e. The van der Waals surface area contributed by atoms with Crippen molar-refractivity contribution in [1.82, 2.24) is 4.57 Å². The van der Waals surface area contributed by atoms with E-state index in [-0.39, 0.29) is 29.6 Å². The Morgan fingerprint density at radius 2 is 0.750 bits per heavy atom. The third-order valence-corrected chi connectivity index (χ3v) is 18.1. The number of halogens is 6. The lowest BCUT2D eigenvalue weighted by molar-refractivity contribution is -0.142. The monoisotopic (exact) mass is 1200 g/mol. The van der Waals surface area contributed by atoms with Crippen molar-refractivity contribution in [3.63, 3.8) is 0 Å². The molecule has 2 aliphatic rings. The molecule has 438 valence electrons. The van der Waals surface area contributed by atoms with E-state index in [4.69, 9.17) is 0 Å². The number of hydrogen-bond acceptors (Lipinski definition) is 3. The zero-order valence-corrected chi connectivity index (χ0v) is 48.9. The largest absolute Gasteiger partial charge is 0.417 e. The highest BCUT2D eigenvalue weighted by molar-refractivity contribution is 7.00. The molecule has 2 aliphatic heterocycles. The molecule has 11 heteroatoms. The van der Waals surface area contributed by atoms with Gasteiger partial charge in [-0.1, -0.05) is 200 Å². The van der Waals surface area contributed by atoms with Crippen LogP contribution in [0.15, 0.2) is 297 Å². The van der Waals surface area contributed by atoms with Crippen molar-refractivity contribution in [2.24, 2.45) is 0 Å². The van der Waals surface area contributed by atoms with Crippen molar-refractivity contribution in [3.05, 3.63) is 314 Å². The number of nitriles is 1. The summed E-state index contributed by atoms with van der Waals surface area (Å²) in [4.78, 5) is 4.79. The molecule has 0 saturated carbocycles. The summed E-state index contributed by atoms with van der Waals surface area (Å²) >= 11 is 0. The summed E-state index contributed by atoms with van der Waals surface area (Å²) in [6.07, 6.45) is -10.2. The molecule has 0 bridgehead atoms. The summed E-state index contributed by atoms with van der Waals surface area (Å²) in [5.41, 5.74) is 17.9. The van der Waals surface area contributed by atoms with Crippen molar-refractivity contribution >= 4 is 79.0 Å². The fourth-order valence-electron chi connectivity index (χ4n) is 13.8. The predicted molar refractivity (Wildman–Crippen MR) is 362 cm³/mol. The molecule has 0 fully saturated rings. The molecule has 13 aromatic carbocycles. The van der Waals surface area contributed by atoms with Gasteiger partial charge in [0.2, 0.25) is 0 Å². The molecule has 0 unspecified atom stereocenters. The lowest BCUT2D eigenvalue weighted by atomic mass is 9.33. The molecule has 0 amide bonds. The van der Waals surface area contributed by atoms with Crippen LogP contribution in [0.4, 0.5) is 60.5 Å². The minimum absolute atomic E-state index is 0.0410. The summed E-state index contributed by atoms with van der Waals surface area (Å²) in [5, 5.41) is 11.7. The molecule has 0 atom stereocenters. The molecule has 0 spiro atoms. The SMILES string of the molecule is N#Cc1ccc(-n2c3ccccc3c3cc(-c4cc5c6c(c4)N(c4ccc(-c7ccccc7)cc4)c4ccc(-c7ccccc7)cc4B6c4cc(-c6ccccc6)ccc4N5c4ccc(-c5ccccc5)cc4)ccc32)c(-c2ccc(C(F)(F)F)cc2C(F)(F)F)c1. The third kappa shape index (κ3) is 9.49. The standard InChI is InChI=1S/C81H49BF6N4/c83-80(84,85)62-33-38-65(69(49-62)81(86,87)88)67-43-51(50-89)25-39-73(67)92-72-24-14-13-23-66(72)68-44-58(30-40-74(68)92)61-47-77-79-78(48-61)91(64-36-28-57(29-37-64)53-17-7-2-8-18-53)76-42-32-60(55-21-11-4-12-22-55)46-71(76)82(79)70-45-59(54-19-9-3-10-20-54)31-41-75(70)90(77)63-34-26-56(27-35-63)52-15-5-1-6-16-52/h1-49H. The van der Waals surface area contributed by atoms with Gasteiger partial charge in [0.25, 0.3) is 6.71 Å². The van der Waals surface area contributed by atoms with Crippen molar-refractivity contribution in [2.45, 2.75) is 12.4 Å². The van der Waals surface area contributed by atoms with Crippen LogP contribution in [0.1, 0.15) is 16.7 Å². The molecular formula is C81H49BF6N4. The summed E-state index contributed by atoms with van der Waals surface area (Å²) in [6, 6.07) is 99.2. The molecule has 0 radical (unpaired) electrons. The Bertz CT molecular complexity index is 5060. The lowest BCUT2D eigenvalue weighted by Crippen LogP contribution is -2.61. The number of fused-ring (bicyclic) bond motifs is 7. The van der Waals surface area contributed by atoms with E-state index in [2.05, 4.69) is 186 Å². The van der Waals surface area contributed by atoms with Crippen LogP contribution in [0.3, 0.4) is 0 Å². The first-order chi connectivity index (χ1) is 44.8. The van der Waals surface area contributed by atoms with Crippen LogP contribution in [0.2, 0.25) is 0 Å². The highest BCUT2D eigenvalue weighted by atomic mass is 19.4. The normalized spacial score (nSPS) is 12.6. The summed E-state index contributed by atoms with van der Waals surface area (Å²) < 4.78 is 89.6. The fourth-order valence-corrected chi connectivity index (χ4v) is 13.8. The van der Waals surface area contributed by atoms with Gasteiger partial charge in [-0.25, -0.2) is 0 Å². The van der Waals surface area contributed by atoms with Gasteiger partial charge in [0.15, 0.2) is 0 Å². The first-order valence-electron chi connectivity index (χ1n) is 30.2. The van der Waals surface area contributed by atoms with Crippen LogP contribution < -0.4 is 26.2 Å². The van der Waals surface area contributed by atoms with E-state index in [1.807, 2.05) is 95.6 Å². The average Bonchev–Trinajstić information content (AvgIpc) is 0.772. The summed E-state index contributed by atoms with van der Waals surface area (Å²) in [6.45, 7) is -0.268. The molecule has 0 aliphatic carbocycles. The number of aromatic nitrogens is 1. The molecule has 14 aromatic rings. The Hall–Kier alpha value is -11.6. The van der Waals surface area contributed by atoms with Gasteiger partial charge in [-0.15, -0.1) is 0 Å². The minimum Gasteiger partial charge on any atom is -0.311 e. The van der Waals surface area contributed by atoms with Crippen LogP contribution in [0.5, 0.6) is 0 Å². The second-order valence-electron chi connectivity index (χ2n) is 23.3. The third-order valence-electron chi connectivity index (χ3n) is 18.1. The van der Waals surface area contributed by atoms with E-state index in [1.54, 1.807) is 6.07 Å². The first kappa shape index (κ1) is 55.7. The van der Waals surface area contributed by atoms with Gasteiger partial charge >= 0.3 is 12.4 Å². The maximum absolute atomic E-state index is 15.1. The van der Waals surface area contributed by atoms with Crippen LogP contribution in [0.25, 0.3) is 94.3 Å². The van der Waals surface area contributed by atoms with E-state index >= 15 is 13.2 Å². The topological polar surface area (TPSA) is 35.2 Å². The second kappa shape index (κ2) is 21.9. The Balaban J connectivity index is 0.959. The van der Waals surface area contributed by atoms with E-state index in [0.29, 0.717) is 17.1 Å². The quantitative estimate of drug-likeness (QED) is 0.107. The molecule has 0 N–H and O–H groups in total. The van der Waals surface area contributed by atoms with Gasteiger partial charge in [-0.05, 0) is 175 Å². The minimum atomic E-state index is -5.18. The number of para-hydroxylation sites is 1. The van der Waals surface area contributed by atoms with E-state index in [9.17, 15) is 18.4 Å². The molecular weight excluding hydrogens is 1150 g/mol. The Labute approximate surface area is 527 Å². The summed E-state index contributed by atoms with van der Waals surface area (Å²) in [7, 11) is 0. The fraction of sp³-hybridized carbons (Fsp3) is 0.0247. The van der Waals surface area contributed by atoms with Gasteiger partial charge in [0.05, 0.1) is 39.5 Å². The average molecular weight is 1200 g/mol. The smallest absolute Gasteiger partial charge is 0.311 e. The van der Waals surface area contributed by atoms with Gasteiger partial charge in [0, 0.05) is 50.5 Å². The van der Waals surface area contributed by atoms with Gasteiger partial charge in [-0.2, -0.15) is 31.6 Å². The van der Waals surface area contributed by atoms with E-state index in [1.165, 1.54) is 12.1 Å². The van der Waals surface area contributed by atoms with Crippen molar-refractivity contribution in [1.29, 1.82) is 5.26 Å². The number of benzene rings is 13. The Morgan fingerprint density at radius 1 is 0.315 bits per heavy atom. The number of nitrogens with zero attached hydrogens (tertiary/aromatic N) is 4. The molecule has 16 rings (SSSR count). The van der Waals surface area contributed by atoms with Gasteiger partial charge < -0.3 is 14.4 Å². The van der Waals surface area contributed by atoms with Crippen LogP contribution >= 0.6 is 0 Å². The molecule has 1 aromatic heterocycles. The molecule has 0 saturated heterocycles. The Kier molecular flexibility index (Phi) is 13.2. The highest BCUT2D eigenvalue weighted by Gasteiger charge is 2.45. The number of alkyl halides is 6. The predicted octanol–water partition coefficient (Wildman–Crippen LogP) is 20.8. The van der Waals surface area contributed by atoms with Crippen molar-refractivity contribution < 1.29 is 26.3 Å². The first-order valence-corrected chi connectivity index (χ1v) is 30.2. The summed E-state index contributed by atoms with van der Waals surface area (Å²) in [5.74, 6) is 0. The molecule has 92 heavy (non-hydrogen) atoms. The van der Waals surface area contributed by atoms with Gasteiger partial charge in [0.1, 0.15) is 0 Å². The van der Waals surface area contributed by atoms with Crippen LogP contribution in [0, 0.1) is 11.3 Å². The van der Waals surface area contributed by atoms with Crippen molar-refractivity contribution in [3.8, 4) is 78.5 Å². The maximum atomic E-state index is 15.1. The van der Waals surface area contributed by atoms with E-state index in [0.717, 1.165) is 123 Å². The number of rotatable bonds is 9. The second-order valence-corrected chi connectivity index (χ2v) is 23.3. The van der Waals surface area contributed by atoms with E-state index < -0.39 is 29.0 Å². The zero-order chi connectivity index (χ0) is 62.4. The Morgan fingerprint density at radius 3 is 1.25 bits per heavy atom. The number of anilines is 6. The molecule has 4 nitrogen and oxygen atoms in total. The zero-order valence-electron chi connectivity index (χ0n) is 48.9.